The number of carbonyl (C=O) groups is 1. The average Bonchev–Trinajstić information content (AvgIpc) is 2.14. The molecule has 0 spiro atoms. The molecule has 0 bridgehead atoms. The molecule has 3 N–H and O–H groups in total. The second-order valence-corrected chi connectivity index (χ2v) is 4.73. The molecule has 0 aliphatic carbocycles. The molecule has 7 heteroatoms. The number of aliphatic carboxylic acids is 1. The number of hydrogen-bond donors (Lipinski definition) is 3. The summed E-state index contributed by atoms with van der Waals surface area (Å²) in [5.74, 6) is -0.859. The monoisotopic (exact) mass is 238 g/mol. The zero-order chi connectivity index (χ0) is 11.7. The third kappa shape index (κ3) is 9.64. The predicted molar refractivity (Wildman–Crippen MR) is 56.7 cm³/mol. The maximum absolute atomic E-state index is 11.1. The van der Waals surface area contributed by atoms with Crippen molar-refractivity contribution in [2.45, 2.75) is 32.6 Å². The second-order valence-electron chi connectivity index (χ2n) is 3.14. The molecule has 0 atom stereocenters. The number of carboxylic acid groups (broad SMARTS) is 1. The van der Waals surface area contributed by atoms with Crippen molar-refractivity contribution >= 4 is 16.2 Å². The first-order chi connectivity index (χ1) is 6.98. The van der Waals surface area contributed by atoms with Crippen LogP contribution < -0.4 is 9.44 Å². The summed E-state index contributed by atoms with van der Waals surface area (Å²) in [6, 6.07) is 0. The number of rotatable bonds is 9. The van der Waals surface area contributed by atoms with Gasteiger partial charge in [0.2, 0.25) is 0 Å². The molecular weight excluding hydrogens is 220 g/mol. The third-order valence-corrected chi connectivity index (χ3v) is 2.82. The van der Waals surface area contributed by atoms with E-state index in [-0.39, 0.29) is 13.0 Å². The average molecular weight is 238 g/mol. The summed E-state index contributed by atoms with van der Waals surface area (Å²) in [5, 5.41) is 8.34. The van der Waals surface area contributed by atoms with E-state index >= 15 is 0 Å². The summed E-state index contributed by atoms with van der Waals surface area (Å²) in [4.78, 5) is 10.1. The molecule has 0 heterocycles. The highest BCUT2D eigenvalue weighted by Crippen LogP contribution is 1.93. The van der Waals surface area contributed by atoms with E-state index in [4.69, 9.17) is 5.11 Å². The van der Waals surface area contributed by atoms with E-state index in [2.05, 4.69) is 9.44 Å². The summed E-state index contributed by atoms with van der Waals surface area (Å²) in [7, 11) is -3.39. The topological polar surface area (TPSA) is 95.5 Å². The van der Waals surface area contributed by atoms with Crippen LogP contribution in [0.3, 0.4) is 0 Å². The highest BCUT2D eigenvalue weighted by atomic mass is 32.2. The van der Waals surface area contributed by atoms with Crippen molar-refractivity contribution in [1.29, 1.82) is 0 Å². The van der Waals surface area contributed by atoms with Crippen molar-refractivity contribution in [2.75, 3.05) is 13.1 Å². The van der Waals surface area contributed by atoms with Crippen LogP contribution in [0.1, 0.15) is 32.6 Å². The molecule has 6 nitrogen and oxygen atoms in total. The van der Waals surface area contributed by atoms with Crippen molar-refractivity contribution < 1.29 is 18.3 Å². The maximum Gasteiger partial charge on any atom is 0.303 e. The lowest BCUT2D eigenvalue weighted by molar-refractivity contribution is -0.137. The van der Waals surface area contributed by atoms with Crippen LogP contribution in [0.15, 0.2) is 0 Å². The zero-order valence-corrected chi connectivity index (χ0v) is 9.64. The highest BCUT2D eigenvalue weighted by molar-refractivity contribution is 7.87. The van der Waals surface area contributed by atoms with Crippen molar-refractivity contribution in [2.24, 2.45) is 0 Å². The van der Waals surface area contributed by atoms with Gasteiger partial charge < -0.3 is 5.11 Å². The van der Waals surface area contributed by atoms with Gasteiger partial charge in [0.1, 0.15) is 0 Å². The van der Waals surface area contributed by atoms with Crippen LogP contribution in [0.5, 0.6) is 0 Å². The first-order valence-corrected chi connectivity index (χ1v) is 6.42. The molecule has 90 valence electrons. The van der Waals surface area contributed by atoms with Crippen LogP contribution in [0.25, 0.3) is 0 Å². The van der Waals surface area contributed by atoms with Crippen molar-refractivity contribution in [1.82, 2.24) is 9.44 Å². The van der Waals surface area contributed by atoms with Gasteiger partial charge in [0.15, 0.2) is 0 Å². The van der Waals surface area contributed by atoms with Crippen LogP contribution in [-0.4, -0.2) is 32.6 Å². The van der Waals surface area contributed by atoms with Crippen molar-refractivity contribution in [3.05, 3.63) is 0 Å². The van der Waals surface area contributed by atoms with Gasteiger partial charge >= 0.3 is 5.97 Å². The van der Waals surface area contributed by atoms with Crippen LogP contribution in [0.4, 0.5) is 0 Å². The Balaban J connectivity index is 3.53. The second kappa shape index (κ2) is 7.61. The molecule has 0 aromatic rings. The molecule has 0 unspecified atom stereocenters. The van der Waals surface area contributed by atoms with E-state index in [1.807, 2.05) is 6.92 Å². The third-order valence-electron chi connectivity index (χ3n) is 1.65. The minimum Gasteiger partial charge on any atom is -0.481 e. The molecule has 0 radical (unpaired) electrons. The largest absolute Gasteiger partial charge is 0.481 e. The summed E-state index contributed by atoms with van der Waals surface area (Å²) in [5.41, 5.74) is 0. The van der Waals surface area contributed by atoms with Gasteiger partial charge in [0.05, 0.1) is 0 Å². The van der Waals surface area contributed by atoms with Crippen LogP contribution >= 0.6 is 0 Å². The van der Waals surface area contributed by atoms with Gasteiger partial charge in [-0.25, -0.2) is 9.44 Å². The molecule has 0 aliphatic heterocycles. The van der Waals surface area contributed by atoms with Crippen molar-refractivity contribution in [3.8, 4) is 0 Å². The molecule has 0 amide bonds. The summed E-state index contributed by atoms with van der Waals surface area (Å²) < 4.78 is 27.0. The van der Waals surface area contributed by atoms with E-state index in [0.717, 1.165) is 6.42 Å². The molecular formula is C8H18N2O4S. The van der Waals surface area contributed by atoms with Gasteiger partial charge in [0.25, 0.3) is 10.2 Å². The molecule has 0 rings (SSSR count). The number of unbranched alkanes of at least 4 members (excludes halogenated alkanes) is 1. The number of nitrogens with one attached hydrogen (secondary N) is 2. The van der Waals surface area contributed by atoms with Crippen LogP contribution in [0, 0.1) is 0 Å². The Morgan fingerprint density at radius 2 is 1.80 bits per heavy atom. The van der Waals surface area contributed by atoms with Gasteiger partial charge in [-0.15, -0.1) is 0 Å². The highest BCUT2D eigenvalue weighted by Gasteiger charge is 2.06. The summed E-state index contributed by atoms with van der Waals surface area (Å²) in [6.07, 6.45) is 1.81. The fourth-order valence-electron chi connectivity index (χ4n) is 0.895. The molecule has 0 saturated heterocycles. The first kappa shape index (κ1) is 14.3. The molecule has 0 saturated carbocycles. The van der Waals surface area contributed by atoms with Crippen molar-refractivity contribution in [3.63, 3.8) is 0 Å². The molecule has 15 heavy (non-hydrogen) atoms. The number of carboxylic acids is 1. The Hall–Kier alpha value is -0.660. The van der Waals surface area contributed by atoms with Gasteiger partial charge in [-0.05, 0) is 19.3 Å². The minimum atomic E-state index is -3.39. The quantitative estimate of drug-likeness (QED) is 0.495. The standard InChI is InChI=1S/C8H18N2O4S/c1-2-6-9-15(13,14)10-7-4-3-5-8(11)12/h9-10H,2-7H2,1H3,(H,11,12). The Kier molecular flexibility index (Phi) is 7.27. The van der Waals surface area contributed by atoms with Crippen LogP contribution in [-0.2, 0) is 15.0 Å². The summed E-state index contributed by atoms with van der Waals surface area (Å²) >= 11 is 0. The van der Waals surface area contributed by atoms with Crippen LogP contribution in [0.2, 0.25) is 0 Å². The lowest BCUT2D eigenvalue weighted by atomic mass is 10.2. The lowest BCUT2D eigenvalue weighted by Crippen LogP contribution is -2.37. The molecule has 0 aromatic carbocycles. The summed E-state index contributed by atoms with van der Waals surface area (Å²) in [6.45, 7) is 2.55. The van der Waals surface area contributed by atoms with E-state index in [0.29, 0.717) is 19.4 Å². The smallest absolute Gasteiger partial charge is 0.303 e. The zero-order valence-electron chi connectivity index (χ0n) is 8.82. The normalized spacial score (nSPS) is 11.5. The first-order valence-electron chi connectivity index (χ1n) is 4.94. The lowest BCUT2D eigenvalue weighted by Gasteiger charge is -2.06. The Bertz CT molecular complexity index is 276. The Morgan fingerprint density at radius 3 is 2.33 bits per heavy atom. The Morgan fingerprint density at radius 1 is 1.20 bits per heavy atom. The van der Waals surface area contributed by atoms with Gasteiger partial charge in [0, 0.05) is 19.5 Å². The molecule has 0 aliphatic rings. The SMILES string of the molecule is CCCNS(=O)(=O)NCCCCC(=O)O. The van der Waals surface area contributed by atoms with E-state index in [1.54, 1.807) is 0 Å². The minimum absolute atomic E-state index is 0.0735. The molecule has 0 aromatic heterocycles. The van der Waals surface area contributed by atoms with E-state index in [9.17, 15) is 13.2 Å². The van der Waals surface area contributed by atoms with E-state index in [1.165, 1.54) is 0 Å². The van der Waals surface area contributed by atoms with Gasteiger partial charge in [-0.3, -0.25) is 4.79 Å². The Labute approximate surface area is 90.2 Å². The molecule has 0 fully saturated rings. The van der Waals surface area contributed by atoms with Gasteiger partial charge in [-0.1, -0.05) is 6.92 Å². The van der Waals surface area contributed by atoms with Gasteiger partial charge in [-0.2, -0.15) is 8.42 Å². The predicted octanol–water partition coefficient (Wildman–Crippen LogP) is 0.0753. The fourth-order valence-corrected chi connectivity index (χ4v) is 1.88. The van der Waals surface area contributed by atoms with E-state index < -0.39 is 16.2 Å². The number of hydrogen-bond acceptors (Lipinski definition) is 3. The maximum atomic E-state index is 11.1. The fraction of sp³-hybridized carbons (Fsp3) is 0.875.